The SMILES string of the molecule is CC1CC(C)CC(Nc2cnn(Cc3ccccc3)c2)C1. The number of anilines is 1. The molecule has 1 aliphatic rings. The van der Waals surface area contributed by atoms with E-state index in [2.05, 4.69) is 54.7 Å². The first-order valence-electron chi connectivity index (χ1n) is 8.02. The van der Waals surface area contributed by atoms with Gasteiger partial charge in [0.2, 0.25) is 0 Å². The molecule has 0 radical (unpaired) electrons. The summed E-state index contributed by atoms with van der Waals surface area (Å²) in [4.78, 5) is 0. The quantitative estimate of drug-likeness (QED) is 0.912. The predicted molar refractivity (Wildman–Crippen MR) is 87.4 cm³/mol. The van der Waals surface area contributed by atoms with Crippen LogP contribution in [0.2, 0.25) is 0 Å². The van der Waals surface area contributed by atoms with Crippen LogP contribution < -0.4 is 5.32 Å². The average molecular weight is 283 g/mol. The Labute approximate surface area is 127 Å². The summed E-state index contributed by atoms with van der Waals surface area (Å²) in [6.07, 6.45) is 7.98. The highest BCUT2D eigenvalue weighted by Gasteiger charge is 2.23. The Hall–Kier alpha value is -1.77. The largest absolute Gasteiger partial charge is 0.380 e. The molecular formula is C18H25N3. The van der Waals surface area contributed by atoms with Crippen molar-refractivity contribution in [3.8, 4) is 0 Å². The van der Waals surface area contributed by atoms with Crippen molar-refractivity contribution in [2.45, 2.75) is 45.7 Å². The van der Waals surface area contributed by atoms with E-state index in [1.165, 1.54) is 24.8 Å². The van der Waals surface area contributed by atoms with E-state index in [-0.39, 0.29) is 0 Å². The van der Waals surface area contributed by atoms with Crippen LogP contribution in [0.15, 0.2) is 42.7 Å². The number of nitrogens with zero attached hydrogens (tertiary/aromatic N) is 2. The van der Waals surface area contributed by atoms with E-state index in [1.54, 1.807) is 0 Å². The minimum absolute atomic E-state index is 0.595. The highest BCUT2D eigenvalue weighted by atomic mass is 15.3. The van der Waals surface area contributed by atoms with Gasteiger partial charge in [-0.3, -0.25) is 4.68 Å². The second-order valence-corrected chi connectivity index (χ2v) is 6.67. The molecule has 3 rings (SSSR count). The van der Waals surface area contributed by atoms with Gasteiger partial charge < -0.3 is 5.32 Å². The molecule has 1 aliphatic carbocycles. The third kappa shape index (κ3) is 3.87. The molecule has 21 heavy (non-hydrogen) atoms. The molecule has 1 fully saturated rings. The Bertz CT molecular complexity index is 551. The summed E-state index contributed by atoms with van der Waals surface area (Å²) in [5, 5.41) is 8.13. The topological polar surface area (TPSA) is 29.9 Å². The minimum atomic E-state index is 0.595. The second-order valence-electron chi connectivity index (χ2n) is 6.67. The minimum Gasteiger partial charge on any atom is -0.380 e. The Kier molecular flexibility index (Phi) is 4.28. The molecule has 0 aliphatic heterocycles. The van der Waals surface area contributed by atoms with Crippen molar-refractivity contribution in [2.24, 2.45) is 11.8 Å². The molecule has 1 aromatic heterocycles. The maximum absolute atomic E-state index is 4.47. The van der Waals surface area contributed by atoms with Crippen LogP contribution in [0.3, 0.4) is 0 Å². The number of rotatable bonds is 4. The van der Waals surface area contributed by atoms with E-state index in [0.29, 0.717) is 6.04 Å². The van der Waals surface area contributed by atoms with Crippen molar-refractivity contribution in [3.63, 3.8) is 0 Å². The first kappa shape index (κ1) is 14.2. The first-order chi connectivity index (χ1) is 10.2. The van der Waals surface area contributed by atoms with Gasteiger partial charge in [0.15, 0.2) is 0 Å². The van der Waals surface area contributed by atoms with Crippen molar-refractivity contribution >= 4 is 5.69 Å². The van der Waals surface area contributed by atoms with Crippen molar-refractivity contribution in [1.29, 1.82) is 0 Å². The first-order valence-corrected chi connectivity index (χ1v) is 8.02. The van der Waals surface area contributed by atoms with Gasteiger partial charge in [-0.05, 0) is 36.7 Å². The smallest absolute Gasteiger partial charge is 0.0728 e. The lowest BCUT2D eigenvalue weighted by Gasteiger charge is -2.32. The molecule has 0 spiro atoms. The Morgan fingerprint density at radius 1 is 1.10 bits per heavy atom. The van der Waals surface area contributed by atoms with E-state index < -0.39 is 0 Å². The third-order valence-corrected chi connectivity index (χ3v) is 4.37. The van der Waals surface area contributed by atoms with Gasteiger partial charge >= 0.3 is 0 Å². The van der Waals surface area contributed by atoms with Crippen LogP contribution in [-0.4, -0.2) is 15.8 Å². The van der Waals surface area contributed by atoms with E-state index in [1.807, 2.05) is 16.9 Å². The van der Waals surface area contributed by atoms with Gasteiger partial charge in [-0.1, -0.05) is 44.2 Å². The fourth-order valence-corrected chi connectivity index (χ4v) is 3.60. The number of benzene rings is 1. The molecule has 3 nitrogen and oxygen atoms in total. The van der Waals surface area contributed by atoms with Crippen molar-refractivity contribution in [3.05, 3.63) is 48.3 Å². The summed E-state index contributed by atoms with van der Waals surface area (Å²) in [5.41, 5.74) is 2.43. The standard InChI is InChI=1S/C18H25N3/c1-14-8-15(2)10-17(9-14)20-18-11-19-21(13-18)12-16-6-4-3-5-7-16/h3-7,11,13-15,17,20H,8-10,12H2,1-2H3. The fourth-order valence-electron chi connectivity index (χ4n) is 3.60. The van der Waals surface area contributed by atoms with Crippen LogP contribution in [0.4, 0.5) is 5.69 Å². The van der Waals surface area contributed by atoms with E-state index in [9.17, 15) is 0 Å². The zero-order valence-corrected chi connectivity index (χ0v) is 13.0. The van der Waals surface area contributed by atoms with Gasteiger partial charge in [0.1, 0.15) is 0 Å². The molecule has 112 valence electrons. The van der Waals surface area contributed by atoms with Gasteiger partial charge in [-0.15, -0.1) is 0 Å². The maximum atomic E-state index is 4.47. The molecule has 2 atom stereocenters. The number of nitrogens with one attached hydrogen (secondary N) is 1. The second kappa shape index (κ2) is 6.33. The molecule has 1 heterocycles. The van der Waals surface area contributed by atoms with Crippen LogP contribution in [0, 0.1) is 11.8 Å². The lowest BCUT2D eigenvalue weighted by molar-refractivity contribution is 0.281. The predicted octanol–water partition coefficient (Wildman–Crippen LogP) is 4.17. The number of aromatic nitrogens is 2. The summed E-state index contributed by atoms with van der Waals surface area (Å²) in [5.74, 6) is 1.65. The summed E-state index contributed by atoms with van der Waals surface area (Å²) in [7, 11) is 0. The summed E-state index contributed by atoms with van der Waals surface area (Å²) in [6, 6.07) is 11.1. The summed E-state index contributed by atoms with van der Waals surface area (Å²) >= 11 is 0. The van der Waals surface area contributed by atoms with Gasteiger partial charge in [0.25, 0.3) is 0 Å². The molecule has 1 N–H and O–H groups in total. The zero-order valence-electron chi connectivity index (χ0n) is 13.0. The molecule has 0 bridgehead atoms. The third-order valence-electron chi connectivity index (χ3n) is 4.37. The fraction of sp³-hybridized carbons (Fsp3) is 0.500. The molecule has 3 heteroatoms. The zero-order chi connectivity index (χ0) is 14.7. The van der Waals surface area contributed by atoms with E-state index in [4.69, 9.17) is 0 Å². The monoisotopic (exact) mass is 283 g/mol. The van der Waals surface area contributed by atoms with E-state index >= 15 is 0 Å². The van der Waals surface area contributed by atoms with Crippen LogP contribution in [-0.2, 0) is 6.54 Å². The van der Waals surface area contributed by atoms with Crippen LogP contribution in [0.5, 0.6) is 0 Å². The van der Waals surface area contributed by atoms with Crippen molar-refractivity contribution in [2.75, 3.05) is 5.32 Å². The van der Waals surface area contributed by atoms with Crippen molar-refractivity contribution < 1.29 is 0 Å². The number of hydrogen-bond donors (Lipinski definition) is 1. The van der Waals surface area contributed by atoms with Crippen LogP contribution in [0.25, 0.3) is 0 Å². The maximum Gasteiger partial charge on any atom is 0.0728 e. The molecule has 0 saturated heterocycles. The molecule has 1 aromatic carbocycles. The Morgan fingerprint density at radius 3 is 2.52 bits per heavy atom. The highest BCUT2D eigenvalue weighted by molar-refractivity contribution is 5.39. The van der Waals surface area contributed by atoms with Crippen LogP contribution in [0.1, 0.15) is 38.7 Å². The van der Waals surface area contributed by atoms with E-state index in [0.717, 1.165) is 24.1 Å². The van der Waals surface area contributed by atoms with Crippen LogP contribution >= 0.6 is 0 Å². The lowest BCUT2D eigenvalue weighted by atomic mass is 9.80. The Morgan fingerprint density at radius 2 is 1.81 bits per heavy atom. The van der Waals surface area contributed by atoms with Gasteiger partial charge in [-0.2, -0.15) is 5.10 Å². The highest BCUT2D eigenvalue weighted by Crippen LogP contribution is 2.30. The Balaban J connectivity index is 1.60. The van der Waals surface area contributed by atoms with Gasteiger partial charge in [-0.25, -0.2) is 0 Å². The normalized spacial score (nSPS) is 25.7. The molecule has 2 unspecified atom stereocenters. The molecular weight excluding hydrogens is 258 g/mol. The summed E-state index contributed by atoms with van der Waals surface area (Å²) < 4.78 is 2.01. The van der Waals surface area contributed by atoms with Crippen molar-refractivity contribution in [1.82, 2.24) is 9.78 Å². The molecule has 1 saturated carbocycles. The molecule has 2 aromatic rings. The lowest BCUT2D eigenvalue weighted by Crippen LogP contribution is -2.30. The van der Waals surface area contributed by atoms with Gasteiger partial charge in [0, 0.05) is 12.2 Å². The van der Waals surface area contributed by atoms with Gasteiger partial charge in [0.05, 0.1) is 18.4 Å². The summed E-state index contributed by atoms with van der Waals surface area (Å²) in [6.45, 7) is 5.56. The average Bonchev–Trinajstić information content (AvgIpc) is 2.86. The molecule has 0 amide bonds. The number of hydrogen-bond acceptors (Lipinski definition) is 2.